The van der Waals surface area contributed by atoms with E-state index in [0.717, 1.165) is 11.5 Å². The minimum atomic E-state index is 0.144. The number of ether oxygens (including phenoxy) is 2. The first-order valence-corrected chi connectivity index (χ1v) is 10.0. The van der Waals surface area contributed by atoms with Crippen molar-refractivity contribution in [3.05, 3.63) is 35.9 Å². The van der Waals surface area contributed by atoms with Gasteiger partial charge in [0, 0.05) is 11.5 Å². The maximum atomic E-state index is 6.40. The van der Waals surface area contributed by atoms with E-state index in [2.05, 4.69) is 42.3 Å². The number of allylic oxidation sites excluding steroid dienone is 1. The van der Waals surface area contributed by atoms with Gasteiger partial charge in [-0.05, 0) is 83.2 Å². The van der Waals surface area contributed by atoms with Crippen molar-refractivity contribution in [3.63, 3.8) is 0 Å². The van der Waals surface area contributed by atoms with Crippen molar-refractivity contribution in [2.24, 2.45) is 0 Å². The second kappa shape index (κ2) is 7.03. The number of hydrogen-bond donors (Lipinski definition) is 0. The summed E-state index contributed by atoms with van der Waals surface area (Å²) >= 11 is 0. The highest BCUT2D eigenvalue weighted by Gasteiger charge is 2.46. The fourth-order valence-corrected chi connectivity index (χ4v) is 5.08. The Morgan fingerprint density at radius 3 is 2.80 bits per heavy atom. The molecule has 0 radical (unpaired) electrons. The maximum absolute atomic E-state index is 6.40. The van der Waals surface area contributed by atoms with Gasteiger partial charge in [0.1, 0.15) is 0 Å². The van der Waals surface area contributed by atoms with Crippen LogP contribution in [-0.2, 0) is 5.41 Å². The molecule has 0 bridgehead atoms. The van der Waals surface area contributed by atoms with Crippen LogP contribution in [0.2, 0.25) is 0 Å². The predicted octanol–water partition coefficient (Wildman–Crippen LogP) is 4.70. The van der Waals surface area contributed by atoms with Crippen LogP contribution < -0.4 is 9.47 Å². The van der Waals surface area contributed by atoms with E-state index in [4.69, 9.17) is 9.47 Å². The van der Waals surface area contributed by atoms with Gasteiger partial charge in [0.15, 0.2) is 11.5 Å². The smallest absolute Gasteiger partial charge is 0.161 e. The van der Waals surface area contributed by atoms with Gasteiger partial charge in [-0.25, -0.2) is 0 Å². The third-order valence-corrected chi connectivity index (χ3v) is 6.40. The van der Waals surface area contributed by atoms with Crippen LogP contribution in [0.1, 0.15) is 57.4 Å². The molecule has 0 spiro atoms. The fourth-order valence-electron chi connectivity index (χ4n) is 5.08. The summed E-state index contributed by atoms with van der Waals surface area (Å²) in [5.74, 6) is 1.85. The predicted molar refractivity (Wildman–Crippen MR) is 102 cm³/mol. The van der Waals surface area contributed by atoms with Gasteiger partial charge in [0.05, 0.1) is 12.7 Å². The van der Waals surface area contributed by atoms with Crippen molar-refractivity contribution >= 4 is 0 Å². The van der Waals surface area contributed by atoms with Gasteiger partial charge in [0.2, 0.25) is 0 Å². The first kappa shape index (κ1) is 17.0. The van der Waals surface area contributed by atoms with Crippen molar-refractivity contribution in [2.75, 3.05) is 20.2 Å². The third kappa shape index (κ3) is 3.08. The van der Waals surface area contributed by atoms with Crippen molar-refractivity contribution in [1.82, 2.24) is 4.90 Å². The highest BCUT2D eigenvalue weighted by Crippen LogP contribution is 2.47. The number of rotatable bonds is 5. The Kier molecular flexibility index (Phi) is 4.77. The van der Waals surface area contributed by atoms with Crippen LogP contribution in [-0.4, -0.2) is 37.2 Å². The lowest BCUT2D eigenvalue weighted by molar-refractivity contribution is 0.195. The van der Waals surface area contributed by atoms with E-state index in [1.807, 2.05) is 6.92 Å². The molecule has 1 aliphatic heterocycles. The van der Waals surface area contributed by atoms with Crippen LogP contribution in [0.25, 0.3) is 0 Å². The van der Waals surface area contributed by atoms with Gasteiger partial charge in [-0.2, -0.15) is 0 Å². The Hall–Kier alpha value is -1.48. The zero-order valence-corrected chi connectivity index (χ0v) is 15.7. The van der Waals surface area contributed by atoms with E-state index in [0.29, 0.717) is 18.8 Å². The van der Waals surface area contributed by atoms with Gasteiger partial charge >= 0.3 is 0 Å². The van der Waals surface area contributed by atoms with E-state index in [-0.39, 0.29) is 5.41 Å². The molecule has 1 saturated carbocycles. The molecule has 2 fully saturated rings. The van der Waals surface area contributed by atoms with Crippen LogP contribution >= 0.6 is 0 Å². The Labute approximate surface area is 152 Å². The van der Waals surface area contributed by atoms with Crippen LogP contribution in [0.3, 0.4) is 0 Å². The summed E-state index contributed by atoms with van der Waals surface area (Å²) in [4.78, 5) is 2.54. The molecule has 1 heterocycles. The lowest BCUT2D eigenvalue weighted by Crippen LogP contribution is -2.41. The van der Waals surface area contributed by atoms with Gasteiger partial charge in [-0.3, -0.25) is 0 Å². The zero-order valence-electron chi connectivity index (χ0n) is 15.7. The molecule has 25 heavy (non-hydrogen) atoms. The van der Waals surface area contributed by atoms with Crippen LogP contribution in [0.5, 0.6) is 11.5 Å². The standard InChI is InChI=1S/C22H31NO2/c1-3-24-19-12-11-17(16-20(19)25-18-8-4-5-9-18)22-13-7-6-10-21(22)23(2)15-14-22/h7,11-13,16,18,21H,3-6,8-10,14-15H2,1-2H3/t21?,22-/m0/s1. The summed E-state index contributed by atoms with van der Waals surface area (Å²) in [6.45, 7) is 3.88. The largest absolute Gasteiger partial charge is 0.490 e. The van der Waals surface area contributed by atoms with Crippen molar-refractivity contribution in [3.8, 4) is 11.5 Å². The average molecular weight is 341 g/mol. The van der Waals surface area contributed by atoms with Crippen molar-refractivity contribution in [1.29, 1.82) is 0 Å². The maximum Gasteiger partial charge on any atom is 0.161 e. The molecule has 0 amide bonds. The Morgan fingerprint density at radius 2 is 2.00 bits per heavy atom. The quantitative estimate of drug-likeness (QED) is 0.725. The molecule has 2 aliphatic carbocycles. The fraction of sp³-hybridized carbons (Fsp3) is 0.636. The lowest BCUT2D eigenvalue weighted by Gasteiger charge is -2.38. The molecule has 3 heteroatoms. The van der Waals surface area contributed by atoms with Gasteiger partial charge in [-0.15, -0.1) is 0 Å². The molecule has 4 rings (SSSR count). The minimum Gasteiger partial charge on any atom is -0.490 e. The number of likely N-dealkylation sites (tertiary alicyclic amines) is 1. The highest BCUT2D eigenvalue weighted by atomic mass is 16.5. The molecule has 1 saturated heterocycles. The van der Waals surface area contributed by atoms with Gasteiger partial charge in [-0.1, -0.05) is 18.2 Å². The van der Waals surface area contributed by atoms with Gasteiger partial charge < -0.3 is 14.4 Å². The summed E-state index contributed by atoms with van der Waals surface area (Å²) in [6.07, 6.45) is 13.8. The first-order valence-electron chi connectivity index (χ1n) is 10.0. The third-order valence-electron chi connectivity index (χ3n) is 6.40. The summed E-state index contributed by atoms with van der Waals surface area (Å²) < 4.78 is 12.3. The van der Waals surface area contributed by atoms with E-state index >= 15 is 0 Å². The summed E-state index contributed by atoms with van der Waals surface area (Å²) in [6, 6.07) is 7.30. The van der Waals surface area contributed by atoms with Crippen molar-refractivity contribution < 1.29 is 9.47 Å². The van der Waals surface area contributed by atoms with Gasteiger partial charge in [0.25, 0.3) is 0 Å². The summed E-state index contributed by atoms with van der Waals surface area (Å²) in [5, 5.41) is 0. The SMILES string of the molecule is CCOc1ccc([C@@]23C=CCCC2N(C)CC3)cc1OC1CCCC1. The second-order valence-corrected chi connectivity index (χ2v) is 7.89. The summed E-state index contributed by atoms with van der Waals surface area (Å²) in [5.41, 5.74) is 1.54. The Morgan fingerprint density at radius 1 is 1.16 bits per heavy atom. The molecule has 0 aromatic heterocycles. The molecular formula is C22H31NO2. The number of likely N-dealkylation sites (N-methyl/N-ethyl adjacent to an activating group) is 1. The average Bonchev–Trinajstić information content (AvgIpc) is 3.26. The Bertz CT molecular complexity index is 635. The number of fused-ring (bicyclic) bond motifs is 1. The van der Waals surface area contributed by atoms with E-state index in [1.165, 1.54) is 57.1 Å². The van der Waals surface area contributed by atoms with E-state index < -0.39 is 0 Å². The van der Waals surface area contributed by atoms with Crippen LogP contribution in [0, 0.1) is 0 Å². The first-order chi connectivity index (χ1) is 12.2. The normalized spacial score (nSPS) is 29.8. The molecule has 1 aromatic carbocycles. The molecule has 1 aromatic rings. The molecule has 2 atom stereocenters. The Balaban J connectivity index is 1.69. The van der Waals surface area contributed by atoms with Crippen LogP contribution in [0.15, 0.2) is 30.4 Å². The summed E-state index contributed by atoms with van der Waals surface area (Å²) in [7, 11) is 2.27. The molecule has 3 nitrogen and oxygen atoms in total. The van der Waals surface area contributed by atoms with Crippen molar-refractivity contribution in [2.45, 2.75) is 69.4 Å². The topological polar surface area (TPSA) is 21.7 Å². The molecule has 1 unspecified atom stereocenters. The second-order valence-electron chi connectivity index (χ2n) is 7.89. The number of benzene rings is 1. The highest BCUT2D eigenvalue weighted by molar-refractivity contribution is 5.48. The lowest BCUT2D eigenvalue weighted by atomic mass is 9.70. The number of nitrogens with zero attached hydrogens (tertiary/aromatic N) is 1. The molecule has 3 aliphatic rings. The van der Waals surface area contributed by atoms with Crippen LogP contribution in [0.4, 0.5) is 0 Å². The molecule has 0 N–H and O–H groups in total. The minimum absolute atomic E-state index is 0.144. The zero-order chi connectivity index (χ0) is 17.3. The monoisotopic (exact) mass is 341 g/mol. The number of hydrogen-bond acceptors (Lipinski definition) is 3. The van der Waals surface area contributed by atoms with E-state index in [1.54, 1.807) is 0 Å². The van der Waals surface area contributed by atoms with E-state index in [9.17, 15) is 0 Å². The molecular weight excluding hydrogens is 310 g/mol. The molecule has 136 valence electrons.